The van der Waals surface area contributed by atoms with Crippen molar-refractivity contribution in [1.29, 1.82) is 0 Å². The van der Waals surface area contributed by atoms with Crippen LogP contribution in [0.4, 0.5) is 4.39 Å². The molecule has 1 fully saturated rings. The van der Waals surface area contributed by atoms with Crippen molar-refractivity contribution >= 4 is 12.4 Å². The molecule has 0 heterocycles. The van der Waals surface area contributed by atoms with E-state index in [9.17, 15) is 4.39 Å². The number of hydrogen-bond donors (Lipinski definition) is 0. The van der Waals surface area contributed by atoms with E-state index < -0.39 is 0 Å². The van der Waals surface area contributed by atoms with Crippen LogP contribution in [0.15, 0.2) is 48.5 Å². The number of hydrogen-bond acceptors (Lipinski definition) is 0. The molecule has 21 heavy (non-hydrogen) atoms. The third-order valence-corrected chi connectivity index (χ3v) is 4.42. The van der Waals surface area contributed by atoms with Crippen LogP contribution >= 0.6 is 12.4 Å². The summed E-state index contributed by atoms with van der Waals surface area (Å²) in [7, 11) is 0. The van der Waals surface area contributed by atoms with Gasteiger partial charge < -0.3 is 0 Å². The number of benzene rings is 2. The van der Waals surface area contributed by atoms with Crippen molar-refractivity contribution in [2.45, 2.75) is 38.5 Å². The average molecular weight is 305 g/mol. The highest BCUT2D eigenvalue weighted by molar-refractivity contribution is 5.85. The van der Waals surface area contributed by atoms with Crippen molar-refractivity contribution in [3.8, 4) is 11.1 Å². The lowest BCUT2D eigenvalue weighted by molar-refractivity contribution is 0.504. The van der Waals surface area contributed by atoms with Gasteiger partial charge in [-0.25, -0.2) is 4.39 Å². The Labute approximate surface area is 132 Å². The van der Waals surface area contributed by atoms with Gasteiger partial charge >= 0.3 is 0 Å². The standard InChI is InChI=1S/C19H21F.ClH/c20-19-12-10-17(11-13-19)18-7-3-6-16(14-18)9-8-15-4-1-2-5-15;/h3,6-7,10-15H,1-2,4-5,8-9H2;1H. The minimum absolute atomic E-state index is 0. The molecule has 3 rings (SSSR count). The predicted molar refractivity (Wildman–Crippen MR) is 89.4 cm³/mol. The van der Waals surface area contributed by atoms with Crippen molar-refractivity contribution in [1.82, 2.24) is 0 Å². The van der Waals surface area contributed by atoms with Gasteiger partial charge in [0.05, 0.1) is 0 Å². The van der Waals surface area contributed by atoms with E-state index in [0.717, 1.165) is 11.5 Å². The Balaban J connectivity index is 0.00000161. The van der Waals surface area contributed by atoms with Crippen molar-refractivity contribution in [3.05, 3.63) is 59.9 Å². The van der Waals surface area contributed by atoms with Gasteiger partial charge in [0.25, 0.3) is 0 Å². The molecule has 1 saturated carbocycles. The van der Waals surface area contributed by atoms with Gasteiger partial charge in [-0.15, -0.1) is 12.4 Å². The van der Waals surface area contributed by atoms with E-state index in [1.807, 2.05) is 12.1 Å². The molecule has 0 spiro atoms. The van der Waals surface area contributed by atoms with Crippen molar-refractivity contribution in [2.24, 2.45) is 5.92 Å². The summed E-state index contributed by atoms with van der Waals surface area (Å²) in [4.78, 5) is 0. The fraction of sp³-hybridized carbons (Fsp3) is 0.368. The molecular formula is C19H22ClF. The molecule has 0 saturated heterocycles. The van der Waals surface area contributed by atoms with Gasteiger partial charge in [0, 0.05) is 0 Å². The van der Waals surface area contributed by atoms with Crippen molar-refractivity contribution < 1.29 is 4.39 Å². The first-order valence-corrected chi connectivity index (χ1v) is 7.66. The molecule has 0 bridgehead atoms. The maximum absolute atomic E-state index is 13.0. The second-order valence-electron chi connectivity index (χ2n) is 5.90. The Morgan fingerprint density at radius 1 is 0.905 bits per heavy atom. The highest BCUT2D eigenvalue weighted by Crippen LogP contribution is 2.29. The first-order chi connectivity index (χ1) is 9.81. The van der Waals surface area contributed by atoms with Crippen LogP contribution in [0.25, 0.3) is 11.1 Å². The molecule has 0 amide bonds. The van der Waals surface area contributed by atoms with Crippen LogP contribution in [0.2, 0.25) is 0 Å². The van der Waals surface area contributed by atoms with Crippen LogP contribution in [0, 0.1) is 11.7 Å². The molecule has 0 N–H and O–H groups in total. The Hall–Kier alpha value is -1.34. The minimum atomic E-state index is -0.175. The predicted octanol–water partition coefficient (Wildman–Crippen LogP) is 6.04. The lowest BCUT2D eigenvalue weighted by Crippen LogP contribution is -1.96. The van der Waals surface area contributed by atoms with Crippen LogP contribution in [-0.4, -0.2) is 0 Å². The summed E-state index contributed by atoms with van der Waals surface area (Å²) in [6.45, 7) is 0. The summed E-state index contributed by atoms with van der Waals surface area (Å²) in [5.41, 5.74) is 3.68. The van der Waals surface area contributed by atoms with Gasteiger partial charge in [-0.3, -0.25) is 0 Å². The lowest BCUT2D eigenvalue weighted by Gasteiger charge is -2.10. The molecule has 2 aromatic carbocycles. The van der Waals surface area contributed by atoms with Gasteiger partial charge in [0.15, 0.2) is 0 Å². The van der Waals surface area contributed by atoms with E-state index in [2.05, 4.69) is 24.3 Å². The molecule has 0 unspecified atom stereocenters. The fourth-order valence-corrected chi connectivity index (χ4v) is 3.22. The summed E-state index contributed by atoms with van der Waals surface area (Å²) in [6.07, 6.45) is 8.14. The zero-order valence-corrected chi connectivity index (χ0v) is 13.0. The molecule has 1 aliphatic carbocycles. The Kier molecular flexibility index (Phi) is 5.81. The molecule has 112 valence electrons. The molecule has 2 heteroatoms. The summed E-state index contributed by atoms with van der Waals surface area (Å²) in [5.74, 6) is 0.760. The van der Waals surface area contributed by atoms with Crippen LogP contribution in [-0.2, 0) is 6.42 Å². The highest BCUT2D eigenvalue weighted by atomic mass is 35.5. The molecule has 0 aromatic heterocycles. The van der Waals surface area contributed by atoms with E-state index in [4.69, 9.17) is 0 Å². The maximum atomic E-state index is 13.0. The highest BCUT2D eigenvalue weighted by Gasteiger charge is 2.14. The minimum Gasteiger partial charge on any atom is -0.207 e. The second-order valence-corrected chi connectivity index (χ2v) is 5.90. The summed E-state index contributed by atoms with van der Waals surface area (Å²) in [6, 6.07) is 15.4. The third-order valence-electron chi connectivity index (χ3n) is 4.42. The Bertz CT molecular complexity index is 556. The van der Waals surface area contributed by atoms with Crippen LogP contribution in [0.1, 0.15) is 37.7 Å². The van der Waals surface area contributed by atoms with Crippen LogP contribution in [0.5, 0.6) is 0 Å². The topological polar surface area (TPSA) is 0 Å². The third kappa shape index (κ3) is 4.31. The molecule has 1 aliphatic rings. The SMILES string of the molecule is Cl.Fc1ccc(-c2cccc(CCC3CCCC3)c2)cc1. The summed E-state index contributed by atoms with van der Waals surface area (Å²) < 4.78 is 13.0. The second kappa shape index (κ2) is 7.61. The van der Waals surface area contributed by atoms with E-state index in [0.29, 0.717) is 0 Å². The number of halogens is 2. The molecule has 2 aromatic rings. The van der Waals surface area contributed by atoms with Gasteiger partial charge in [-0.1, -0.05) is 62.1 Å². The van der Waals surface area contributed by atoms with Crippen LogP contribution < -0.4 is 0 Å². The largest absolute Gasteiger partial charge is 0.207 e. The van der Waals surface area contributed by atoms with E-state index >= 15 is 0 Å². The smallest absolute Gasteiger partial charge is 0.123 e. The van der Waals surface area contributed by atoms with Gasteiger partial charge in [-0.2, -0.15) is 0 Å². The monoisotopic (exact) mass is 304 g/mol. The average Bonchev–Trinajstić information content (AvgIpc) is 3.00. The summed E-state index contributed by atoms with van der Waals surface area (Å²) >= 11 is 0. The van der Waals surface area contributed by atoms with Crippen molar-refractivity contribution in [3.63, 3.8) is 0 Å². The van der Waals surface area contributed by atoms with E-state index in [1.54, 1.807) is 0 Å². The molecule has 0 atom stereocenters. The normalized spacial score (nSPS) is 14.9. The lowest BCUT2D eigenvalue weighted by atomic mass is 9.96. The fourth-order valence-electron chi connectivity index (χ4n) is 3.22. The summed E-state index contributed by atoms with van der Waals surface area (Å²) in [5, 5.41) is 0. The number of rotatable bonds is 4. The first kappa shape index (κ1) is 16.0. The molecule has 0 nitrogen and oxygen atoms in total. The zero-order chi connectivity index (χ0) is 13.8. The first-order valence-electron chi connectivity index (χ1n) is 7.66. The van der Waals surface area contributed by atoms with Gasteiger partial charge in [0.2, 0.25) is 0 Å². The Morgan fingerprint density at radius 2 is 1.62 bits per heavy atom. The van der Waals surface area contributed by atoms with Crippen molar-refractivity contribution in [2.75, 3.05) is 0 Å². The maximum Gasteiger partial charge on any atom is 0.123 e. The Morgan fingerprint density at radius 3 is 2.33 bits per heavy atom. The van der Waals surface area contributed by atoms with E-state index in [1.165, 1.54) is 61.8 Å². The quantitative estimate of drug-likeness (QED) is 0.646. The zero-order valence-electron chi connectivity index (χ0n) is 12.2. The van der Waals surface area contributed by atoms with Crippen LogP contribution in [0.3, 0.4) is 0 Å². The van der Waals surface area contributed by atoms with E-state index in [-0.39, 0.29) is 18.2 Å². The molecular weight excluding hydrogens is 283 g/mol. The number of aryl methyl sites for hydroxylation is 1. The van der Waals surface area contributed by atoms with Gasteiger partial charge in [-0.05, 0) is 47.6 Å². The van der Waals surface area contributed by atoms with Gasteiger partial charge in [0.1, 0.15) is 5.82 Å². The molecule has 0 radical (unpaired) electrons. The molecule has 0 aliphatic heterocycles.